The molecule has 0 saturated heterocycles. The van der Waals surface area contributed by atoms with Gasteiger partial charge in [-0.3, -0.25) is 0 Å². The normalized spacial score (nSPS) is 46.1. The molecule has 2 rings (SSSR count). The molecule has 2 aliphatic carbocycles. The highest BCUT2D eigenvalue weighted by atomic mass is 16.6. The molecule has 2 aliphatic rings. The van der Waals surface area contributed by atoms with Crippen molar-refractivity contribution in [3.8, 4) is 0 Å². The van der Waals surface area contributed by atoms with E-state index in [0.29, 0.717) is 11.3 Å². The van der Waals surface area contributed by atoms with Crippen LogP contribution in [-0.2, 0) is 4.74 Å². The third-order valence-corrected chi connectivity index (χ3v) is 6.66. The molecule has 19 heavy (non-hydrogen) atoms. The summed E-state index contributed by atoms with van der Waals surface area (Å²) in [6.07, 6.45) is 4.90. The van der Waals surface area contributed by atoms with Crippen LogP contribution >= 0.6 is 0 Å². The van der Waals surface area contributed by atoms with Gasteiger partial charge in [-0.05, 0) is 69.1 Å². The quantitative estimate of drug-likeness (QED) is 0.754. The molecule has 0 aromatic carbocycles. The maximum Gasteiger partial charge on any atom is 0.160 e. The van der Waals surface area contributed by atoms with Gasteiger partial charge >= 0.3 is 0 Å². The van der Waals surface area contributed by atoms with E-state index in [2.05, 4.69) is 34.6 Å². The Balaban J connectivity index is 2.33. The van der Waals surface area contributed by atoms with Crippen LogP contribution in [0.4, 0.5) is 0 Å². The van der Waals surface area contributed by atoms with Gasteiger partial charge in [0.2, 0.25) is 0 Å². The van der Waals surface area contributed by atoms with Gasteiger partial charge in [0.25, 0.3) is 0 Å². The Labute approximate surface area is 118 Å². The van der Waals surface area contributed by atoms with Crippen LogP contribution in [0, 0.1) is 22.7 Å². The summed E-state index contributed by atoms with van der Waals surface area (Å²) in [5.74, 6) is 0.448. The molecule has 2 saturated carbocycles. The summed E-state index contributed by atoms with van der Waals surface area (Å²) in [6.45, 7) is 15.3. The van der Waals surface area contributed by atoms with Gasteiger partial charge < -0.3 is 9.84 Å². The van der Waals surface area contributed by atoms with E-state index in [-0.39, 0.29) is 11.0 Å². The van der Waals surface area contributed by atoms with E-state index in [1.54, 1.807) is 13.8 Å². The van der Waals surface area contributed by atoms with Gasteiger partial charge in [-0.2, -0.15) is 0 Å². The van der Waals surface area contributed by atoms with Gasteiger partial charge in [0.1, 0.15) is 0 Å². The van der Waals surface area contributed by atoms with Crippen molar-refractivity contribution in [2.45, 2.75) is 85.5 Å². The third-order valence-electron chi connectivity index (χ3n) is 6.66. The lowest BCUT2D eigenvalue weighted by atomic mass is 9.50. The molecule has 2 heteroatoms. The van der Waals surface area contributed by atoms with Gasteiger partial charge in [0, 0.05) is 0 Å². The third kappa shape index (κ3) is 2.25. The first-order valence-electron chi connectivity index (χ1n) is 7.85. The monoisotopic (exact) mass is 268 g/mol. The fourth-order valence-electron chi connectivity index (χ4n) is 4.96. The van der Waals surface area contributed by atoms with Crippen molar-refractivity contribution in [3.63, 3.8) is 0 Å². The minimum absolute atomic E-state index is 0.102. The lowest BCUT2D eigenvalue weighted by Crippen LogP contribution is -2.59. The van der Waals surface area contributed by atoms with Gasteiger partial charge in [0.05, 0.1) is 5.60 Å². The second-order valence-corrected chi connectivity index (χ2v) is 8.54. The minimum atomic E-state index is -1.05. The van der Waals surface area contributed by atoms with Crippen LogP contribution in [0.15, 0.2) is 0 Å². The Morgan fingerprint density at radius 2 is 1.63 bits per heavy atom. The zero-order valence-corrected chi connectivity index (χ0v) is 13.8. The summed E-state index contributed by atoms with van der Waals surface area (Å²) in [7, 11) is 0. The van der Waals surface area contributed by atoms with E-state index in [9.17, 15) is 5.11 Å². The van der Waals surface area contributed by atoms with E-state index >= 15 is 0 Å². The van der Waals surface area contributed by atoms with Crippen LogP contribution in [-0.4, -0.2) is 16.5 Å². The Bertz CT molecular complexity index is 355. The Morgan fingerprint density at radius 3 is 2.16 bits per heavy atom. The van der Waals surface area contributed by atoms with Crippen molar-refractivity contribution in [3.05, 3.63) is 0 Å². The van der Waals surface area contributed by atoms with Crippen molar-refractivity contribution in [2.75, 3.05) is 0 Å². The van der Waals surface area contributed by atoms with E-state index in [1.807, 2.05) is 0 Å². The molecule has 4 atom stereocenters. The van der Waals surface area contributed by atoms with Crippen LogP contribution in [0.5, 0.6) is 0 Å². The fraction of sp³-hybridized carbons (Fsp3) is 1.00. The van der Waals surface area contributed by atoms with Crippen LogP contribution in [0.2, 0.25) is 0 Å². The summed E-state index contributed by atoms with van der Waals surface area (Å²) in [5, 5.41) is 10.1. The van der Waals surface area contributed by atoms with Crippen LogP contribution in [0.25, 0.3) is 0 Å². The topological polar surface area (TPSA) is 29.5 Å². The number of hydrogen-bond acceptors (Lipinski definition) is 2. The lowest BCUT2D eigenvalue weighted by molar-refractivity contribution is -0.296. The Hall–Kier alpha value is -0.0800. The molecule has 1 unspecified atom stereocenters. The average molecular weight is 268 g/mol. The molecule has 0 radical (unpaired) electrons. The molecular formula is C17H32O2. The highest BCUT2D eigenvalue weighted by Crippen LogP contribution is 2.65. The molecule has 0 aromatic rings. The smallest absolute Gasteiger partial charge is 0.160 e. The van der Waals surface area contributed by atoms with Gasteiger partial charge in [-0.15, -0.1) is 0 Å². The Morgan fingerprint density at radius 1 is 1.05 bits per heavy atom. The van der Waals surface area contributed by atoms with Crippen LogP contribution < -0.4 is 0 Å². The molecule has 0 spiro atoms. The number of ether oxygens (including phenoxy) is 1. The van der Waals surface area contributed by atoms with E-state index in [1.165, 1.54) is 19.3 Å². The first kappa shape index (κ1) is 15.3. The fourth-order valence-corrected chi connectivity index (χ4v) is 4.96. The van der Waals surface area contributed by atoms with E-state index in [4.69, 9.17) is 4.74 Å². The standard InChI is InChI=1S/C17H32O2/c1-12-8-9-13-14(2,3)17(7,19-15(4,5)18)11-10-16(12,13)6/h12-13,18H,8-11H2,1-7H3/t12-,13+,16-,17?/m1/s1. The zero-order valence-electron chi connectivity index (χ0n) is 13.8. The summed E-state index contributed by atoms with van der Waals surface area (Å²) >= 11 is 0. The average Bonchev–Trinajstić information content (AvgIpc) is 2.50. The number of rotatable bonds is 2. The minimum Gasteiger partial charge on any atom is -0.366 e. The van der Waals surface area contributed by atoms with Crippen molar-refractivity contribution in [1.29, 1.82) is 0 Å². The highest BCUT2D eigenvalue weighted by molar-refractivity contribution is 5.10. The lowest BCUT2D eigenvalue weighted by Gasteiger charge is -2.59. The maximum absolute atomic E-state index is 10.1. The largest absolute Gasteiger partial charge is 0.366 e. The summed E-state index contributed by atoms with van der Waals surface area (Å²) in [4.78, 5) is 0. The van der Waals surface area contributed by atoms with Crippen molar-refractivity contribution in [2.24, 2.45) is 22.7 Å². The predicted molar refractivity (Wildman–Crippen MR) is 78.8 cm³/mol. The van der Waals surface area contributed by atoms with Crippen molar-refractivity contribution < 1.29 is 9.84 Å². The van der Waals surface area contributed by atoms with Crippen molar-refractivity contribution >= 4 is 0 Å². The van der Waals surface area contributed by atoms with E-state index in [0.717, 1.165) is 12.3 Å². The Kier molecular flexibility index (Phi) is 3.39. The molecule has 0 aliphatic heterocycles. The molecular weight excluding hydrogens is 236 g/mol. The maximum atomic E-state index is 10.1. The second kappa shape index (κ2) is 4.21. The SMILES string of the molecule is C[C@@H]1CC[C@H]2C(C)(C)C(C)(OC(C)(C)O)CC[C@]12C. The molecule has 2 fully saturated rings. The van der Waals surface area contributed by atoms with E-state index < -0.39 is 5.79 Å². The van der Waals surface area contributed by atoms with Crippen molar-refractivity contribution in [1.82, 2.24) is 0 Å². The molecule has 2 nitrogen and oxygen atoms in total. The van der Waals surface area contributed by atoms with Gasteiger partial charge in [-0.1, -0.05) is 27.7 Å². The molecule has 0 bridgehead atoms. The number of fused-ring (bicyclic) bond motifs is 1. The number of aliphatic hydroxyl groups is 1. The summed E-state index contributed by atoms with van der Waals surface area (Å²) in [6, 6.07) is 0. The molecule has 0 amide bonds. The molecule has 0 aromatic heterocycles. The van der Waals surface area contributed by atoms with Gasteiger partial charge in [-0.25, -0.2) is 0 Å². The second-order valence-electron chi connectivity index (χ2n) is 8.54. The van der Waals surface area contributed by atoms with Gasteiger partial charge in [0.15, 0.2) is 5.79 Å². The highest BCUT2D eigenvalue weighted by Gasteiger charge is 2.61. The van der Waals surface area contributed by atoms with Crippen LogP contribution in [0.3, 0.4) is 0 Å². The predicted octanol–water partition coefficient (Wildman–Crippen LogP) is 4.36. The molecule has 1 N–H and O–H groups in total. The zero-order chi connectivity index (χ0) is 14.7. The summed E-state index contributed by atoms with van der Waals surface area (Å²) in [5.41, 5.74) is 0.316. The first-order chi connectivity index (χ1) is 8.42. The first-order valence-corrected chi connectivity index (χ1v) is 7.85. The number of hydrogen-bond donors (Lipinski definition) is 1. The molecule has 0 heterocycles. The van der Waals surface area contributed by atoms with Crippen LogP contribution in [0.1, 0.15) is 74.1 Å². The summed E-state index contributed by atoms with van der Waals surface area (Å²) < 4.78 is 6.13. The molecule has 112 valence electrons.